The summed E-state index contributed by atoms with van der Waals surface area (Å²) in [6, 6.07) is 5.15. The molecule has 21 heavy (non-hydrogen) atoms. The molecular formula is C12H7F4NO4. The number of nitrogens with zero attached hydrogens (tertiary/aromatic N) is 1. The van der Waals surface area contributed by atoms with Gasteiger partial charge in [0.1, 0.15) is 5.75 Å². The Hall–Kier alpha value is -2.58. The van der Waals surface area contributed by atoms with E-state index in [1.807, 2.05) is 0 Å². The second-order valence-corrected chi connectivity index (χ2v) is 3.71. The van der Waals surface area contributed by atoms with Gasteiger partial charge in [-0.2, -0.15) is 8.78 Å². The molecule has 0 radical (unpaired) electrons. The van der Waals surface area contributed by atoms with Crippen LogP contribution in [0.3, 0.4) is 0 Å². The number of rotatable bonds is 5. The number of alkyl halides is 4. The third kappa shape index (κ3) is 3.12. The molecule has 0 aliphatic carbocycles. The maximum Gasteiger partial charge on any atom is 0.387 e. The van der Waals surface area contributed by atoms with Crippen molar-refractivity contribution in [3.05, 3.63) is 35.7 Å². The van der Waals surface area contributed by atoms with E-state index in [9.17, 15) is 22.4 Å². The third-order valence-corrected chi connectivity index (χ3v) is 2.39. The first-order valence-electron chi connectivity index (χ1n) is 5.46. The van der Waals surface area contributed by atoms with Gasteiger partial charge in [-0.25, -0.2) is 18.6 Å². The summed E-state index contributed by atoms with van der Waals surface area (Å²) >= 11 is 0. The number of carboxylic acids is 1. The summed E-state index contributed by atoms with van der Waals surface area (Å²) in [4.78, 5) is 14.2. The summed E-state index contributed by atoms with van der Waals surface area (Å²) in [5.41, 5.74) is -1.24. The van der Waals surface area contributed by atoms with Crippen LogP contribution in [0.1, 0.15) is 22.7 Å². The Morgan fingerprint density at radius 1 is 1.24 bits per heavy atom. The highest BCUT2D eigenvalue weighted by Gasteiger charge is 2.28. The zero-order valence-corrected chi connectivity index (χ0v) is 10.1. The number of hydrogen-bond donors (Lipinski definition) is 1. The maximum absolute atomic E-state index is 12.7. The van der Waals surface area contributed by atoms with Crippen LogP contribution in [0.2, 0.25) is 0 Å². The number of ether oxygens (including phenoxy) is 1. The number of halogens is 4. The first-order chi connectivity index (χ1) is 9.90. The van der Waals surface area contributed by atoms with Crippen LogP contribution in [0.15, 0.2) is 28.7 Å². The van der Waals surface area contributed by atoms with Crippen molar-refractivity contribution in [2.45, 2.75) is 13.0 Å². The lowest BCUT2D eigenvalue weighted by molar-refractivity contribution is -0.0495. The van der Waals surface area contributed by atoms with Gasteiger partial charge in [-0.3, -0.25) is 0 Å². The molecule has 1 aromatic carbocycles. The summed E-state index contributed by atoms with van der Waals surface area (Å²) in [7, 11) is 0. The zero-order valence-electron chi connectivity index (χ0n) is 10.1. The second kappa shape index (κ2) is 5.81. The molecule has 5 nitrogen and oxygen atoms in total. The minimum atomic E-state index is -3.18. The lowest BCUT2D eigenvalue weighted by atomic mass is 10.2. The summed E-state index contributed by atoms with van der Waals surface area (Å²) in [6.45, 7) is -3.14. The number of aromatic carboxylic acids is 1. The van der Waals surface area contributed by atoms with E-state index >= 15 is 0 Å². The van der Waals surface area contributed by atoms with Crippen molar-refractivity contribution in [2.24, 2.45) is 0 Å². The molecule has 1 aromatic heterocycles. The summed E-state index contributed by atoms with van der Waals surface area (Å²) < 4.78 is 58.9. The van der Waals surface area contributed by atoms with Crippen molar-refractivity contribution in [3.63, 3.8) is 0 Å². The van der Waals surface area contributed by atoms with E-state index in [0.717, 1.165) is 6.07 Å². The highest BCUT2D eigenvalue weighted by molar-refractivity contribution is 5.86. The van der Waals surface area contributed by atoms with E-state index in [2.05, 4.69) is 9.72 Å². The monoisotopic (exact) mass is 305 g/mol. The molecule has 0 amide bonds. The van der Waals surface area contributed by atoms with Crippen LogP contribution < -0.4 is 4.74 Å². The molecule has 9 heteroatoms. The number of benzene rings is 1. The van der Waals surface area contributed by atoms with E-state index < -0.39 is 36.4 Å². The van der Waals surface area contributed by atoms with E-state index in [4.69, 9.17) is 9.52 Å². The van der Waals surface area contributed by atoms with Crippen LogP contribution in [-0.4, -0.2) is 22.7 Å². The molecule has 0 spiro atoms. The zero-order chi connectivity index (χ0) is 15.6. The van der Waals surface area contributed by atoms with Gasteiger partial charge in [-0.05, 0) is 12.1 Å². The Bertz CT molecular complexity index is 656. The van der Waals surface area contributed by atoms with Gasteiger partial charge in [0.05, 0.1) is 5.56 Å². The number of hydrogen-bond acceptors (Lipinski definition) is 4. The lowest BCUT2D eigenvalue weighted by Crippen LogP contribution is -2.03. The van der Waals surface area contributed by atoms with Gasteiger partial charge in [0.25, 0.3) is 6.43 Å². The number of para-hydroxylation sites is 1. The van der Waals surface area contributed by atoms with Gasteiger partial charge in [-0.15, -0.1) is 0 Å². The minimum Gasteiger partial charge on any atom is -0.475 e. The van der Waals surface area contributed by atoms with Gasteiger partial charge >= 0.3 is 12.6 Å². The molecule has 0 saturated heterocycles. The average molecular weight is 305 g/mol. The molecule has 0 aliphatic heterocycles. The van der Waals surface area contributed by atoms with Gasteiger partial charge in [0.15, 0.2) is 5.69 Å². The molecule has 112 valence electrons. The number of carboxylic acid groups (broad SMARTS) is 1. The quantitative estimate of drug-likeness (QED) is 0.855. The molecule has 1 heterocycles. The van der Waals surface area contributed by atoms with Crippen molar-refractivity contribution in [1.82, 2.24) is 4.98 Å². The maximum atomic E-state index is 12.7. The summed E-state index contributed by atoms with van der Waals surface area (Å²) in [5.74, 6) is -3.70. The van der Waals surface area contributed by atoms with E-state index in [1.165, 1.54) is 18.2 Å². The van der Waals surface area contributed by atoms with Gasteiger partial charge < -0.3 is 14.3 Å². The summed E-state index contributed by atoms with van der Waals surface area (Å²) in [6.07, 6.45) is -3.18. The number of aromatic nitrogens is 1. The first kappa shape index (κ1) is 14.8. The van der Waals surface area contributed by atoms with Crippen LogP contribution >= 0.6 is 0 Å². The van der Waals surface area contributed by atoms with E-state index in [-0.39, 0.29) is 11.3 Å². The van der Waals surface area contributed by atoms with Crippen LogP contribution in [0, 0.1) is 0 Å². The number of oxazole rings is 1. The average Bonchev–Trinajstić information content (AvgIpc) is 2.84. The Morgan fingerprint density at radius 2 is 1.90 bits per heavy atom. The minimum absolute atomic E-state index is 0.160. The van der Waals surface area contributed by atoms with Crippen molar-refractivity contribution in [1.29, 1.82) is 0 Å². The highest BCUT2D eigenvalue weighted by Crippen LogP contribution is 2.34. The van der Waals surface area contributed by atoms with E-state index in [1.54, 1.807) is 0 Å². The van der Waals surface area contributed by atoms with Crippen LogP contribution in [0.5, 0.6) is 5.75 Å². The Morgan fingerprint density at radius 3 is 2.43 bits per heavy atom. The van der Waals surface area contributed by atoms with E-state index in [0.29, 0.717) is 0 Å². The molecule has 0 aliphatic rings. The van der Waals surface area contributed by atoms with Crippen molar-refractivity contribution in [3.8, 4) is 17.2 Å². The normalized spacial score (nSPS) is 11.1. The van der Waals surface area contributed by atoms with Crippen LogP contribution in [0.4, 0.5) is 17.6 Å². The lowest BCUT2D eigenvalue weighted by Gasteiger charge is -2.07. The molecule has 0 fully saturated rings. The molecule has 2 aromatic rings. The molecule has 0 saturated carbocycles. The topological polar surface area (TPSA) is 72.6 Å². The fraction of sp³-hybridized carbons (Fsp3) is 0.167. The van der Waals surface area contributed by atoms with Gasteiger partial charge in [0, 0.05) is 0 Å². The standard InChI is InChI=1S/C12H7F4NO4/c13-9(14)7-8(11(18)19)21-10(17-7)5-3-1-2-4-6(5)20-12(15)16/h1-4,9,12H,(H,18,19). The first-order valence-corrected chi connectivity index (χ1v) is 5.46. The Labute approximate surface area is 114 Å². The Balaban J connectivity index is 2.52. The number of carbonyl (C=O) groups is 1. The highest BCUT2D eigenvalue weighted by atomic mass is 19.3. The van der Waals surface area contributed by atoms with Crippen LogP contribution in [-0.2, 0) is 0 Å². The van der Waals surface area contributed by atoms with Crippen molar-refractivity contribution >= 4 is 5.97 Å². The fourth-order valence-electron chi connectivity index (χ4n) is 1.59. The summed E-state index contributed by atoms with van der Waals surface area (Å²) in [5, 5.41) is 8.77. The molecule has 1 N–H and O–H groups in total. The smallest absolute Gasteiger partial charge is 0.387 e. The van der Waals surface area contributed by atoms with Crippen molar-refractivity contribution in [2.75, 3.05) is 0 Å². The van der Waals surface area contributed by atoms with Crippen molar-refractivity contribution < 1.29 is 36.6 Å². The van der Waals surface area contributed by atoms with Crippen LogP contribution in [0.25, 0.3) is 11.5 Å². The fourth-order valence-corrected chi connectivity index (χ4v) is 1.59. The Kier molecular flexibility index (Phi) is 4.10. The van der Waals surface area contributed by atoms with Gasteiger partial charge in [-0.1, -0.05) is 12.1 Å². The molecule has 0 atom stereocenters. The predicted octanol–water partition coefficient (Wildman–Crippen LogP) is 3.58. The molecule has 0 unspecified atom stereocenters. The SMILES string of the molecule is O=C(O)c1oc(-c2ccccc2OC(F)F)nc1C(F)F. The molecule has 2 rings (SSSR count). The molecular weight excluding hydrogens is 298 g/mol. The largest absolute Gasteiger partial charge is 0.475 e. The third-order valence-electron chi connectivity index (χ3n) is 2.39. The van der Waals surface area contributed by atoms with Gasteiger partial charge in [0.2, 0.25) is 11.7 Å². The molecule has 0 bridgehead atoms. The second-order valence-electron chi connectivity index (χ2n) is 3.71. The predicted molar refractivity (Wildman–Crippen MR) is 60.5 cm³/mol.